The molecule has 41 heavy (non-hydrogen) atoms. The summed E-state index contributed by atoms with van der Waals surface area (Å²) in [5.74, 6) is 0.00620. The summed E-state index contributed by atoms with van der Waals surface area (Å²) in [6, 6.07) is 36.6. The van der Waals surface area contributed by atoms with E-state index in [2.05, 4.69) is 46.1 Å². The van der Waals surface area contributed by atoms with Gasteiger partial charge >= 0.3 is 0 Å². The number of aromatic nitrogens is 2. The van der Waals surface area contributed by atoms with Crippen LogP contribution in [0.25, 0.3) is 0 Å². The predicted octanol–water partition coefficient (Wildman–Crippen LogP) is 6.93. The summed E-state index contributed by atoms with van der Waals surface area (Å²) in [4.78, 5) is 8.54. The first-order valence-corrected chi connectivity index (χ1v) is 15.5. The van der Waals surface area contributed by atoms with Gasteiger partial charge in [-0.25, -0.2) is 22.5 Å². The fraction of sp³-hybridized carbons (Fsp3) is 0.206. The van der Waals surface area contributed by atoms with Crippen LogP contribution in [0.3, 0.4) is 0 Å². The Kier molecular flexibility index (Phi) is 8.76. The number of imidazole rings is 1. The summed E-state index contributed by atoms with van der Waals surface area (Å²) >= 11 is 0. The molecule has 0 aliphatic rings. The third kappa shape index (κ3) is 6.32. The molecule has 1 aromatic heterocycles. The van der Waals surface area contributed by atoms with E-state index in [0.717, 1.165) is 34.6 Å². The van der Waals surface area contributed by atoms with Crippen LogP contribution in [0.5, 0.6) is 0 Å². The van der Waals surface area contributed by atoms with Gasteiger partial charge in [-0.2, -0.15) is 0 Å². The minimum atomic E-state index is -3.63. The Bertz CT molecular complexity index is 1540. The molecular formula is C34H34FN3O2S. The molecule has 1 heterocycles. The third-order valence-electron chi connectivity index (χ3n) is 7.48. The lowest BCUT2D eigenvalue weighted by Crippen LogP contribution is -2.32. The van der Waals surface area contributed by atoms with Crippen LogP contribution in [0, 0.1) is 5.82 Å². The first-order valence-electron chi connectivity index (χ1n) is 13.9. The molecule has 7 heteroatoms. The maximum absolute atomic E-state index is 13.3. The van der Waals surface area contributed by atoms with Crippen molar-refractivity contribution >= 4 is 10.0 Å². The first kappa shape index (κ1) is 28.5. The van der Waals surface area contributed by atoms with E-state index >= 15 is 0 Å². The van der Waals surface area contributed by atoms with Crippen LogP contribution in [0.15, 0.2) is 121 Å². The van der Waals surface area contributed by atoms with Crippen molar-refractivity contribution in [2.24, 2.45) is 0 Å². The van der Waals surface area contributed by atoms with Crippen LogP contribution in [0.4, 0.5) is 4.39 Å². The molecule has 5 nitrogen and oxygen atoms in total. The maximum Gasteiger partial charge on any atom is 0.212 e. The van der Waals surface area contributed by atoms with Gasteiger partial charge in [-0.3, -0.25) is 0 Å². The van der Waals surface area contributed by atoms with E-state index in [1.54, 1.807) is 18.3 Å². The summed E-state index contributed by atoms with van der Waals surface area (Å²) in [5.41, 5.74) is 3.90. The number of rotatable bonds is 12. The Morgan fingerprint density at radius 2 is 1.32 bits per heavy atom. The molecule has 4 aromatic carbocycles. The fourth-order valence-electron chi connectivity index (χ4n) is 5.50. The maximum atomic E-state index is 13.3. The van der Waals surface area contributed by atoms with Gasteiger partial charge in [0.1, 0.15) is 17.1 Å². The molecule has 0 saturated heterocycles. The fourth-order valence-corrected chi connectivity index (χ4v) is 6.88. The number of aromatic amines is 1. The van der Waals surface area contributed by atoms with Crippen LogP contribution < -0.4 is 4.72 Å². The van der Waals surface area contributed by atoms with E-state index in [9.17, 15) is 12.8 Å². The molecule has 5 aromatic rings. The van der Waals surface area contributed by atoms with Crippen LogP contribution in [-0.4, -0.2) is 24.1 Å². The molecule has 2 N–H and O–H groups in total. The largest absolute Gasteiger partial charge is 0.344 e. The molecule has 1 atom stereocenters. The molecular weight excluding hydrogens is 533 g/mol. The highest BCUT2D eigenvalue weighted by Gasteiger charge is 2.41. The summed E-state index contributed by atoms with van der Waals surface area (Å²) in [7, 11) is -3.63. The minimum absolute atomic E-state index is 0.0846. The van der Waals surface area contributed by atoms with Gasteiger partial charge in [0.05, 0.1) is 5.75 Å². The zero-order chi connectivity index (χ0) is 28.7. The predicted molar refractivity (Wildman–Crippen MR) is 162 cm³/mol. The van der Waals surface area contributed by atoms with Gasteiger partial charge in [-0.05, 0) is 40.8 Å². The van der Waals surface area contributed by atoms with Crippen molar-refractivity contribution in [3.8, 4) is 0 Å². The Morgan fingerprint density at radius 1 is 0.805 bits per heavy atom. The van der Waals surface area contributed by atoms with E-state index < -0.39 is 15.4 Å². The molecule has 1 unspecified atom stereocenters. The summed E-state index contributed by atoms with van der Waals surface area (Å²) in [6.45, 7) is 2.15. The van der Waals surface area contributed by atoms with Crippen LogP contribution in [-0.2, 0) is 22.0 Å². The highest BCUT2D eigenvalue weighted by atomic mass is 32.2. The van der Waals surface area contributed by atoms with E-state index in [0.29, 0.717) is 12.0 Å². The highest BCUT2D eigenvalue weighted by Crippen LogP contribution is 2.44. The Morgan fingerprint density at radius 3 is 1.80 bits per heavy atom. The van der Waals surface area contributed by atoms with Crippen molar-refractivity contribution in [1.29, 1.82) is 0 Å². The molecule has 0 fully saturated rings. The van der Waals surface area contributed by atoms with Gasteiger partial charge in [0.25, 0.3) is 0 Å². The van der Waals surface area contributed by atoms with Crippen molar-refractivity contribution in [3.63, 3.8) is 0 Å². The summed E-state index contributed by atoms with van der Waals surface area (Å²) < 4.78 is 42.3. The SMILES string of the molecule is CCCC(CS(=O)(=O)NCc1ccc(F)cc1)c1cnc(C(c2ccccc2)(c2ccccc2)c2ccccc2)[nH]1. The van der Waals surface area contributed by atoms with Gasteiger partial charge in [0.15, 0.2) is 0 Å². The van der Waals surface area contributed by atoms with Crippen molar-refractivity contribution < 1.29 is 12.8 Å². The molecule has 0 bridgehead atoms. The number of halogens is 1. The second-order valence-corrected chi connectivity index (χ2v) is 12.1. The second kappa shape index (κ2) is 12.6. The number of H-pyrrole nitrogens is 1. The monoisotopic (exact) mass is 567 g/mol. The topological polar surface area (TPSA) is 74.8 Å². The minimum Gasteiger partial charge on any atom is -0.344 e. The van der Waals surface area contributed by atoms with Crippen LogP contribution in [0.1, 0.15) is 59.5 Å². The summed E-state index contributed by atoms with van der Waals surface area (Å²) in [6.07, 6.45) is 3.27. The van der Waals surface area contributed by atoms with Crippen molar-refractivity contribution in [3.05, 3.63) is 161 Å². The highest BCUT2D eigenvalue weighted by molar-refractivity contribution is 7.89. The third-order valence-corrected chi connectivity index (χ3v) is 8.90. The van der Waals surface area contributed by atoms with Crippen molar-refractivity contribution in [2.75, 3.05) is 5.75 Å². The van der Waals surface area contributed by atoms with Gasteiger partial charge in [0, 0.05) is 24.4 Å². The standard InChI is InChI=1S/C34H34FN3O2S/c1-2-12-27(25-41(39,40)37-23-26-19-21-31(35)22-20-26)32-24-36-33(38-32)34(28-13-6-3-7-14-28,29-15-8-4-9-16-29)30-17-10-5-11-18-30/h3-11,13-22,24,27,37H,2,12,23,25H2,1H3,(H,36,38). The number of nitrogens with one attached hydrogen (secondary N) is 2. The van der Waals surface area contributed by atoms with Crippen molar-refractivity contribution in [1.82, 2.24) is 14.7 Å². The number of benzene rings is 4. The molecule has 0 aliphatic carbocycles. The number of hydrogen-bond acceptors (Lipinski definition) is 3. The molecule has 0 amide bonds. The molecule has 0 spiro atoms. The zero-order valence-corrected chi connectivity index (χ0v) is 23.8. The molecule has 5 rings (SSSR count). The Hall–Kier alpha value is -4.07. The van der Waals surface area contributed by atoms with Crippen LogP contribution in [0.2, 0.25) is 0 Å². The molecule has 0 aliphatic heterocycles. The van der Waals surface area contributed by atoms with E-state index in [-0.39, 0.29) is 24.0 Å². The average Bonchev–Trinajstić information content (AvgIpc) is 3.49. The zero-order valence-electron chi connectivity index (χ0n) is 23.0. The quantitative estimate of drug-likeness (QED) is 0.161. The van der Waals surface area contributed by atoms with E-state index in [1.165, 1.54) is 12.1 Å². The van der Waals surface area contributed by atoms with E-state index in [1.807, 2.05) is 61.5 Å². The molecule has 0 saturated carbocycles. The lowest BCUT2D eigenvalue weighted by molar-refractivity contribution is 0.562. The lowest BCUT2D eigenvalue weighted by atomic mass is 9.69. The van der Waals surface area contributed by atoms with Gasteiger partial charge in [-0.15, -0.1) is 0 Å². The second-order valence-electron chi connectivity index (χ2n) is 10.2. The average molecular weight is 568 g/mol. The summed E-state index contributed by atoms with van der Waals surface area (Å²) in [5, 5.41) is 0. The Balaban J connectivity index is 1.53. The Labute approximate surface area is 241 Å². The molecule has 0 radical (unpaired) electrons. The van der Waals surface area contributed by atoms with Gasteiger partial charge < -0.3 is 4.98 Å². The van der Waals surface area contributed by atoms with E-state index in [4.69, 9.17) is 4.98 Å². The van der Waals surface area contributed by atoms with Crippen molar-refractivity contribution in [2.45, 2.75) is 37.6 Å². The normalized spacial score (nSPS) is 12.7. The smallest absolute Gasteiger partial charge is 0.212 e. The molecule has 210 valence electrons. The number of sulfonamides is 1. The van der Waals surface area contributed by atoms with Gasteiger partial charge in [0.2, 0.25) is 10.0 Å². The number of nitrogens with zero attached hydrogens (tertiary/aromatic N) is 1. The lowest BCUT2D eigenvalue weighted by Gasteiger charge is -2.34. The van der Waals surface area contributed by atoms with Crippen LogP contribution >= 0.6 is 0 Å². The number of hydrogen-bond donors (Lipinski definition) is 2. The first-order chi connectivity index (χ1) is 19.9. The van der Waals surface area contributed by atoms with Gasteiger partial charge in [-0.1, -0.05) is 116 Å².